The number of hydrogen-bond donors (Lipinski definition) is 2. The summed E-state index contributed by atoms with van der Waals surface area (Å²) in [6.07, 6.45) is 11.2. The van der Waals surface area contributed by atoms with E-state index in [-0.39, 0.29) is 11.6 Å². The number of allylic oxidation sites excluding steroid dienone is 5. The van der Waals surface area contributed by atoms with Gasteiger partial charge in [0.15, 0.2) is 0 Å². The predicted molar refractivity (Wildman–Crippen MR) is 111 cm³/mol. The average Bonchev–Trinajstić information content (AvgIpc) is 2.85. The van der Waals surface area contributed by atoms with E-state index in [0.29, 0.717) is 31.4 Å². The van der Waals surface area contributed by atoms with Gasteiger partial charge in [-0.2, -0.15) is 0 Å². The molecule has 0 saturated heterocycles. The van der Waals surface area contributed by atoms with Crippen LogP contribution in [-0.2, 0) is 9.59 Å². The fourth-order valence-electron chi connectivity index (χ4n) is 2.15. The standard InChI is InChI=1S/C18H23ClN2O3.C2H7N/c1-4-21(10-14(2)12-22)17(13-23)18(24)20(3)11-15-6-5-7-16(19)9-8-15;1-3-2/h5-6,8-10,12-13,23H,4,7,11H2,1-3H3;3H,1-2H3/b14-10+,17-13+;. The van der Waals surface area contributed by atoms with Gasteiger partial charge in [-0.3, -0.25) is 9.59 Å². The van der Waals surface area contributed by atoms with Crippen LogP contribution < -0.4 is 5.32 Å². The summed E-state index contributed by atoms with van der Waals surface area (Å²) in [5.74, 6) is -0.345. The van der Waals surface area contributed by atoms with Crippen molar-refractivity contribution < 1.29 is 14.7 Å². The number of carbonyl (C=O) groups excluding carboxylic acids is 2. The molecule has 0 aromatic carbocycles. The normalized spacial score (nSPS) is 14.3. The third kappa shape index (κ3) is 9.26. The molecule has 150 valence electrons. The number of nitrogens with zero attached hydrogens (tertiary/aromatic N) is 2. The molecule has 7 heteroatoms. The third-order valence-corrected chi connectivity index (χ3v) is 3.71. The fraction of sp³-hybridized carbons (Fsp3) is 0.400. The van der Waals surface area contributed by atoms with Gasteiger partial charge in [-0.1, -0.05) is 29.8 Å². The molecular weight excluding hydrogens is 366 g/mol. The Bertz CT molecular complexity index is 649. The van der Waals surface area contributed by atoms with E-state index in [9.17, 15) is 14.7 Å². The Morgan fingerprint density at radius 1 is 1.37 bits per heavy atom. The Morgan fingerprint density at radius 3 is 2.52 bits per heavy atom. The van der Waals surface area contributed by atoms with Crippen molar-refractivity contribution in [3.8, 4) is 0 Å². The Labute approximate surface area is 167 Å². The summed E-state index contributed by atoms with van der Waals surface area (Å²) in [5.41, 5.74) is 1.50. The summed E-state index contributed by atoms with van der Waals surface area (Å²) >= 11 is 5.98. The first kappa shape index (κ1) is 24.7. The molecule has 0 heterocycles. The molecule has 1 aliphatic rings. The molecule has 0 aliphatic heterocycles. The number of hydrogen-bond acceptors (Lipinski definition) is 5. The SMILES string of the molecule is CCN(/C=C(\C)C=O)/C(=C/O)C(=O)N(C)CC1=CC=C(Cl)CC=C1.CNC. The molecule has 1 aliphatic carbocycles. The largest absolute Gasteiger partial charge is 0.513 e. The lowest BCUT2D eigenvalue weighted by Crippen LogP contribution is -2.35. The minimum atomic E-state index is -0.345. The maximum atomic E-state index is 12.6. The van der Waals surface area contributed by atoms with E-state index >= 15 is 0 Å². The number of carbonyl (C=O) groups is 2. The van der Waals surface area contributed by atoms with Crippen LogP contribution in [0.15, 0.2) is 58.6 Å². The van der Waals surface area contributed by atoms with Gasteiger partial charge in [0.05, 0.1) is 0 Å². The smallest absolute Gasteiger partial charge is 0.273 e. The zero-order valence-electron chi connectivity index (χ0n) is 16.7. The first-order valence-corrected chi connectivity index (χ1v) is 9.02. The zero-order chi connectivity index (χ0) is 20.8. The molecule has 1 amide bonds. The van der Waals surface area contributed by atoms with Crippen molar-refractivity contribution in [3.63, 3.8) is 0 Å². The highest BCUT2D eigenvalue weighted by molar-refractivity contribution is 6.29. The van der Waals surface area contributed by atoms with Gasteiger partial charge in [-0.15, -0.1) is 0 Å². The highest BCUT2D eigenvalue weighted by Crippen LogP contribution is 2.16. The Balaban J connectivity index is 0.00000210. The number of aldehydes is 1. The van der Waals surface area contributed by atoms with Gasteiger partial charge in [0.25, 0.3) is 5.91 Å². The van der Waals surface area contributed by atoms with Crippen molar-refractivity contribution in [1.82, 2.24) is 15.1 Å². The molecular formula is C20H30ClN3O3. The van der Waals surface area contributed by atoms with Crippen molar-refractivity contribution in [3.05, 3.63) is 58.6 Å². The molecule has 0 fully saturated rings. The molecule has 2 N–H and O–H groups in total. The number of amides is 1. The van der Waals surface area contributed by atoms with Crippen LogP contribution in [0.1, 0.15) is 20.3 Å². The lowest BCUT2D eigenvalue weighted by Gasteiger charge is -2.25. The number of likely N-dealkylation sites (N-methyl/N-ethyl adjacent to an activating group) is 2. The van der Waals surface area contributed by atoms with Gasteiger partial charge in [0, 0.05) is 43.4 Å². The second-order valence-corrected chi connectivity index (χ2v) is 6.40. The Morgan fingerprint density at radius 2 is 2.00 bits per heavy atom. The molecule has 0 saturated carbocycles. The lowest BCUT2D eigenvalue weighted by molar-refractivity contribution is -0.127. The second kappa shape index (κ2) is 13.8. The summed E-state index contributed by atoms with van der Waals surface area (Å²) in [7, 11) is 5.40. The van der Waals surface area contributed by atoms with Crippen LogP contribution in [0.25, 0.3) is 0 Å². The van der Waals surface area contributed by atoms with Crippen LogP contribution in [0.4, 0.5) is 0 Å². The van der Waals surface area contributed by atoms with Crippen LogP contribution in [-0.4, -0.2) is 61.3 Å². The van der Waals surface area contributed by atoms with Crippen LogP contribution in [0, 0.1) is 0 Å². The molecule has 0 aromatic heterocycles. The molecule has 6 nitrogen and oxygen atoms in total. The number of halogens is 1. The lowest BCUT2D eigenvalue weighted by atomic mass is 10.2. The van der Waals surface area contributed by atoms with Crippen LogP contribution in [0.2, 0.25) is 0 Å². The topological polar surface area (TPSA) is 72.9 Å². The Kier molecular flexibility index (Phi) is 12.7. The fourth-order valence-corrected chi connectivity index (χ4v) is 2.30. The highest BCUT2D eigenvalue weighted by atomic mass is 35.5. The molecule has 0 radical (unpaired) electrons. The van der Waals surface area contributed by atoms with E-state index in [1.165, 1.54) is 16.0 Å². The summed E-state index contributed by atoms with van der Waals surface area (Å²) in [4.78, 5) is 26.4. The monoisotopic (exact) mass is 395 g/mol. The first-order valence-electron chi connectivity index (χ1n) is 8.64. The minimum absolute atomic E-state index is 0.105. The molecule has 1 rings (SSSR count). The van der Waals surface area contributed by atoms with Crippen molar-refractivity contribution in [2.24, 2.45) is 0 Å². The van der Waals surface area contributed by atoms with Gasteiger partial charge in [0.2, 0.25) is 0 Å². The predicted octanol–water partition coefficient (Wildman–Crippen LogP) is 3.11. The minimum Gasteiger partial charge on any atom is -0.513 e. The van der Waals surface area contributed by atoms with Crippen molar-refractivity contribution in [1.29, 1.82) is 0 Å². The van der Waals surface area contributed by atoms with Gasteiger partial charge >= 0.3 is 0 Å². The summed E-state index contributed by atoms with van der Waals surface area (Å²) in [6, 6.07) is 0. The third-order valence-electron chi connectivity index (χ3n) is 3.43. The Hall–Kier alpha value is -2.31. The average molecular weight is 396 g/mol. The summed E-state index contributed by atoms with van der Waals surface area (Å²) in [6.45, 7) is 4.28. The van der Waals surface area contributed by atoms with E-state index < -0.39 is 0 Å². The highest BCUT2D eigenvalue weighted by Gasteiger charge is 2.20. The molecule has 0 unspecified atom stereocenters. The maximum absolute atomic E-state index is 12.6. The van der Waals surface area contributed by atoms with Crippen molar-refractivity contribution in [2.75, 3.05) is 34.2 Å². The zero-order valence-corrected chi connectivity index (χ0v) is 17.5. The van der Waals surface area contributed by atoms with Crippen LogP contribution >= 0.6 is 11.6 Å². The van der Waals surface area contributed by atoms with Gasteiger partial charge in [0.1, 0.15) is 18.2 Å². The molecule has 0 aromatic rings. The van der Waals surface area contributed by atoms with Gasteiger partial charge < -0.3 is 20.2 Å². The first-order chi connectivity index (χ1) is 12.8. The number of rotatable bonds is 7. The second-order valence-electron chi connectivity index (χ2n) is 5.91. The van der Waals surface area contributed by atoms with Gasteiger partial charge in [-0.25, -0.2) is 0 Å². The van der Waals surface area contributed by atoms with E-state index in [2.05, 4.69) is 5.32 Å². The molecule has 27 heavy (non-hydrogen) atoms. The number of aliphatic hydroxyl groups is 1. The van der Waals surface area contributed by atoms with Crippen molar-refractivity contribution in [2.45, 2.75) is 20.3 Å². The summed E-state index contributed by atoms with van der Waals surface area (Å²) in [5, 5.41) is 13.0. The van der Waals surface area contributed by atoms with Crippen LogP contribution in [0.3, 0.4) is 0 Å². The quantitative estimate of drug-likeness (QED) is 0.393. The molecule has 0 atom stereocenters. The van der Waals surface area contributed by atoms with E-state index in [0.717, 1.165) is 16.9 Å². The molecule has 0 bridgehead atoms. The maximum Gasteiger partial charge on any atom is 0.273 e. The van der Waals surface area contributed by atoms with Crippen LogP contribution in [0.5, 0.6) is 0 Å². The summed E-state index contributed by atoms with van der Waals surface area (Å²) < 4.78 is 0. The number of aliphatic hydroxyl groups excluding tert-OH is 1. The van der Waals surface area contributed by atoms with E-state index in [1.54, 1.807) is 14.0 Å². The van der Waals surface area contributed by atoms with Crippen molar-refractivity contribution >= 4 is 23.8 Å². The number of nitrogens with one attached hydrogen (secondary N) is 1. The van der Waals surface area contributed by atoms with E-state index in [4.69, 9.17) is 11.6 Å². The molecule has 0 spiro atoms. The van der Waals surface area contributed by atoms with Gasteiger partial charge in [-0.05, 0) is 39.6 Å². The van der Waals surface area contributed by atoms with E-state index in [1.807, 2.05) is 45.3 Å².